The van der Waals surface area contributed by atoms with Crippen LogP contribution in [0.2, 0.25) is 0 Å². The summed E-state index contributed by atoms with van der Waals surface area (Å²) in [6, 6.07) is 21.9. The third-order valence-electron chi connectivity index (χ3n) is 6.97. The van der Waals surface area contributed by atoms with E-state index >= 15 is 0 Å². The number of benzene rings is 2. The molecule has 194 valence electrons. The first-order valence-corrected chi connectivity index (χ1v) is 13.0. The second-order valence-electron chi connectivity index (χ2n) is 9.63. The van der Waals surface area contributed by atoms with Crippen LogP contribution in [-0.4, -0.2) is 32.0 Å². The molecule has 0 radical (unpaired) electrons. The van der Waals surface area contributed by atoms with E-state index in [1.807, 2.05) is 69.3 Å². The second-order valence-corrected chi connectivity index (χ2v) is 10.0. The van der Waals surface area contributed by atoms with Crippen molar-refractivity contribution in [3.8, 4) is 5.69 Å². The maximum atomic E-state index is 14.1. The van der Waals surface area contributed by atoms with Gasteiger partial charge in [-0.3, -0.25) is 9.78 Å². The molecule has 1 fully saturated rings. The molecule has 0 aliphatic carbocycles. The second kappa shape index (κ2) is 10.8. The number of nitrogens with zero attached hydrogens (tertiary/aromatic N) is 3. The molecule has 4 aromatic rings. The van der Waals surface area contributed by atoms with Crippen LogP contribution < -0.4 is 10.6 Å². The number of carbonyl (C=O) groups is 1. The zero-order valence-electron chi connectivity index (χ0n) is 21.6. The molecule has 1 amide bonds. The van der Waals surface area contributed by atoms with Gasteiger partial charge in [0, 0.05) is 41.9 Å². The fraction of sp³-hybridized carbons (Fsp3) is 0.233. The Kier molecular flexibility index (Phi) is 7.24. The van der Waals surface area contributed by atoms with Gasteiger partial charge < -0.3 is 20.1 Å². The van der Waals surface area contributed by atoms with Crippen molar-refractivity contribution in [3.63, 3.8) is 0 Å². The van der Waals surface area contributed by atoms with Crippen LogP contribution in [0.4, 0.5) is 10.1 Å². The summed E-state index contributed by atoms with van der Waals surface area (Å²) in [7, 11) is 0. The van der Waals surface area contributed by atoms with Gasteiger partial charge in [0.05, 0.1) is 17.8 Å². The largest absolute Gasteiger partial charge is 0.352 e. The Labute approximate surface area is 227 Å². The van der Waals surface area contributed by atoms with Crippen molar-refractivity contribution in [1.82, 2.24) is 19.8 Å². The fourth-order valence-corrected chi connectivity index (χ4v) is 5.50. The maximum absolute atomic E-state index is 14.1. The maximum Gasteiger partial charge on any atom is 0.226 e. The highest BCUT2D eigenvalue weighted by atomic mass is 32.1. The van der Waals surface area contributed by atoms with Gasteiger partial charge in [0.25, 0.3) is 0 Å². The van der Waals surface area contributed by atoms with Crippen molar-refractivity contribution in [1.29, 1.82) is 0 Å². The van der Waals surface area contributed by atoms with Crippen molar-refractivity contribution in [2.24, 2.45) is 0 Å². The van der Waals surface area contributed by atoms with Crippen LogP contribution in [0.15, 0.2) is 79.0 Å². The van der Waals surface area contributed by atoms with Crippen molar-refractivity contribution >= 4 is 28.9 Å². The first-order chi connectivity index (χ1) is 18.3. The Hall–Kier alpha value is -4.04. The predicted molar refractivity (Wildman–Crippen MR) is 152 cm³/mol. The monoisotopic (exact) mass is 527 g/mol. The van der Waals surface area contributed by atoms with Crippen molar-refractivity contribution in [2.45, 2.75) is 39.3 Å². The number of hydrogen-bond donors (Lipinski definition) is 2. The normalized spacial score (nSPS) is 16.9. The Bertz CT molecular complexity index is 1470. The van der Waals surface area contributed by atoms with E-state index in [0.29, 0.717) is 11.7 Å². The Morgan fingerprint density at radius 1 is 1.05 bits per heavy atom. The fourth-order valence-electron chi connectivity index (χ4n) is 5.17. The topological polar surface area (TPSA) is 62.2 Å². The summed E-state index contributed by atoms with van der Waals surface area (Å²) in [5.74, 6) is -0.366. The minimum Gasteiger partial charge on any atom is -0.352 e. The van der Waals surface area contributed by atoms with Gasteiger partial charge in [-0.05, 0) is 87.1 Å². The zero-order valence-corrected chi connectivity index (χ0v) is 22.4. The van der Waals surface area contributed by atoms with Gasteiger partial charge in [0.15, 0.2) is 5.11 Å². The average Bonchev–Trinajstić information content (AvgIpc) is 3.39. The van der Waals surface area contributed by atoms with Gasteiger partial charge in [-0.15, -0.1) is 0 Å². The SMILES string of the molecule is Cc1ccc(NC(=O)CCN2C(=S)N[C@H](c3ccccn3)[C@H]2c2cc(C)n(-c3cccc(F)c3)c2C)cc1. The molecule has 2 aromatic carbocycles. The molecule has 0 spiro atoms. The molecule has 2 aromatic heterocycles. The highest BCUT2D eigenvalue weighted by Crippen LogP contribution is 2.41. The number of anilines is 1. The van der Waals surface area contributed by atoms with Gasteiger partial charge in [-0.25, -0.2) is 4.39 Å². The van der Waals surface area contributed by atoms with Crippen LogP contribution in [0.25, 0.3) is 5.69 Å². The van der Waals surface area contributed by atoms with E-state index in [1.54, 1.807) is 12.3 Å². The Morgan fingerprint density at radius 3 is 2.55 bits per heavy atom. The van der Waals surface area contributed by atoms with Gasteiger partial charge in [0.2, 0.25) is 5.91 Å². The summed E-state index contributed by atoms with van der Waals surface area (Å²) < 4.78 is 16.1. The van der Waals surface area contributed by atoms with E-state index in [4.69, 9.17) is 12.2 Å². The molecule has 3 heterocycles. The molecule has 2 atom stereocenters. The lowest BCUT2D eigenvalue weighted by Gasteiger charge is -2.28. The molecule has 5 rings (SSSR count). The van der Waals surface area contributed by atoms with E-state index in [-0.39, 0.29) is 30.2 Å². The number of carbonyl (C=O) groups excluding carboxylic acids is 1. The number of amides is 1. The molecular weight excluding hydrogens is 497 g/mol. The van der Waals surface area contributed by atoms with E-state index < -0.39 is 0 Å². The highest BCUT2D eigenvalue weighted by molar-refractivity contribution is 7.80. The molecular formula is C30H30FN5OS. The van der Waals surface area contributed by atoms with E-state index in [2.05, 4.69) is 31.2 Å². The molecule has 8 heteroatoms. The van der Waals surface area contributed by atoms with Gasteiger partial charge >= 0.3 is 0 Å². The summed E-state index contributed by atoms with van der Waals surface area (Å²) in [6.45, 7) is 6.49. The molecule has 0 unspecified atom stereocenters. The first-order valence-electron chi connectivity index (χ1n) is 12.6. The Balaban J connectivity index is 1.46. The molecule has 1 aliphatic heterocycles. The third kappa shape index (κ3) is 5.17. The number of aromatic nitrogens is 2. The molecule has 6 nitrogen and oxygen atoms in total. The minimum absolute atomic E-state index is 0.0816. The van der Waals surface area contributed by atoms with Crippen LogP contribution in [0, 0.1) is 26.6 Å². The molecule has 1 aliphatic rings. The quantitative estimate of drug-likeness (QED) is 0.292. The van der Waals surface area contributed by atoms with Crippen molar-refractivity contribution in [3.05, 3.63) is 113 Å². The smallest absolute Gasteiger partial charge is 0.226 e. The van der Waals surface area contributed by atoms with Crippen LogP contribution in [0.1, 0.15) is 46.7 Å². The molecule has 1 saturated heterocycles. The lowest BCUT2D eigenvalue weighted by Crippen LogP contribution is -2.32. The molecule has 38 heavy (non-hydrogen) atoms. The third-order valence-corrected chi connectivity index (χ3v) is 7.32. The lowest BCUT2D eigenvalue weighted by molar-refractivity contribution is -0.116. The number of hydrogen-bond acceptors (Lipinski definition) is 3. The van der Waals surface area contributed by atoms with E-state index in [9.17, 15) is 9.18 Å². The zero-order chi connectivity index (χ0) is 26.8. The summed E-state index contributed by atoms with van der Waals surface area (Å²) >= 11 is 5.78. The standard InChI is InChI=1S/C30H30FN5OS/c1-19-10-12-23(13-11-19)33-27(37)14-16-35-29(28(34-30(35)38)26-9-4-5-15-32-26)25-17-20(2)36(21(25)3)24-8-6-7-22(31)18-24/h4-13,15,17-18,28-29H,14,16H2,1-3H3,(H,33,37)(H,34,38)/t28-,29-/m1/s1. The van der Waals surface area contributed by atoms with Crippen LogP contribution in [0.3, 0.4) is 0 Å². The van der Waals surface area contributed by atoms with E-state index in [1.165, 1.54) is 12.1 Å². The van der Waals surface area contributed by atoms with Gasteiger partial charge in [-0.1, -0.05) is 29.8 Å². The Morgan fingerprint density at radius 2 is 1.84 bits per heavy atom. The predicted octanol–water partition coefficient (Wildman–Crippen LogP) is 5.94. The average molecular weight is 528 g/mol. The van der Waals surface area contributed by atoms with E-state index in [0.717, 1.165) is 39.6 Å². The molecule has 2 N–H and O–H groups in total. The van der Waals surface area contributed by atoms with Gasteiger partial charge in [-0.2, -0.15) is 0 Å². The summed E-state index contributed by atoms with van der Waals surface area (Å²) in [6.07, 6.45) is 2.04. The van der Waals surface area contributed by atoms with Gasteiger partial charge in [0.1, 0.15) is 5.82 Å². The van der Waals surface area contributed by atoms with Crippen LogP contribution in [-0.2, 0) is 4.79 Å². The number of halogens is 1. The number of aryl methyl sites for hydroxylation is 2. The summed E-state index contributed by atoms with van der Waals surface area (Å²) in [4.78, 5) is 19.5. The molecule has 0 saturated carbocycles. The van der Waals surface area contributed by atoms with Crippen LogP contribution in [0.5, 0.6) is 0 Å². The van der Waals surface area contributed by atoms with Crippen LogP contribution >= 0.6 is 12.2 Å². The summed E-state index contributed by atoms with van der Waals surface area (Å²) in [5.41, 5.74) is 6.55. The minimum atomic E-state index is -0.284. The number of thiocarbonyl (C=S) groups is 1. The van der Waals surface area contributed by atoms with Crippen molar-refractivity contribution in [2.75, 3.05) is 11.9 Å². The first kappa shape index (κ1) is 25.6. The number of nitrogens with one attached hydrogen (secondary N) is 2. The number of rotatable bonds is 7. The van der Waals surface area contributed by atoms with Crippen molar-refractivity contribution < 1.29 is 9.18 Å². The molecule has 0 bridgehead atoms. The number of pyridine rings is 1. The highest BCUT2D eigenvalue weighted by Gasteiger charge is 2.41. The summed E-state index contributed by atoms with van der Waals surface area (Å²) in [5, 5.41) is 7.00. The lowest BCUT2D eigenvalue weighted by atomic mass is 9.96.